The molecule has 0 amide bonds. The SMILES string of the molecule is C=C1C(=O)C(OC(C)(C)C)C[C@H]1COC(C)(C)C. The van der Waals surface area contributed by atoms with E-state index in [1.54, 1.807) is 0 Å². The maximum Gasteiger partial charge on any atom is 0.187 e. The van der Waals surface area contributed by atoms with E-state index in [1.165, 1.54) is 0 Å². The molecule has 1 saturated carbocycles. The minimum absolute atomic E-state index is 0.0347. The predicted molar refractivity (Wildman–Crippen MR) is 72.6 cm³/mol. The Morgan fingerprint density at radius 3 is 2.17 bits per heavy atom. The Balaban J connectivity index is 2.59. The second-order valence-corrected chi connectivity index (χ2v) is 6.96. The van der Waals surface area contributed by atoms with Crippen LogP contribution >= 0.6 is 0 Å². The summed E-state index contributed by atoms with van der Waals surface area (Å²) < 4.78 is 11.5. The van der Waals surface area contributed by atoms with Crippen LogP contribution in [0.3, 0.4) is 0 Å². The Morgan fingerprint density at radius 2 is 1.72 bits per heavy atom. The molecule has 0 N–H and O–H groups in total. The van der Waals surface area contributed by atoms with Gasteiger partial charge in [0.2, 0.25) is 0 Å². The van der Waals surface area contributed by atoms with Crippen molar-refractivity contribution in [1.29, 1.82) is 0 Å². The monoisotopic (exact) mass is 254 g/mol. The lowest BCUT2D eigenvalue weighted by atomic mass is 10.1. The van der Waals surface area contributed by atoms with Crippen LogP contribution in [0.2, 0.25) is 0 Å². The topological polar surface area (TPSA) is 35.5 Å². The van der Waals surface area contributed by atoms with Crippen molar-refractivity contribution < 1.29 is 14.3 Å². The molecule has 0 radical (unpaired) electrons. The second kappa shape index (κ2) is 5.14. The number of carbonyl (C=O) groups excluding carboxylic acids is 1. The van der Waals surface area contributed by atoms with E-state index >= 15 is 0 Å². The molecule has 1 rings (SSSR count). The summed E-state index contributed by atoms with van der Waals surface area (Å²) in [5.41, 5.74) is 0.153. The Labute approximate surface area is 111 Å². The van der Waals surface area contributed by atoms with Crippen LogP contribution in [0.15, 0.2) is 12.2 Å². The van der Waals surface area contributed by atoms with E-state index in [2.05, 4.69) is 6.58 Å². The molecule has 0 aromatic heterocycles. The number of ether oxygens (including phenoxy) is 2. The molecule has 0 saturated heterocycles. The minimum atomic E-state index is -0.355. The van der Waals surface area contributed by atoms with Gasteiger partial charge < -0.3 is 9.47 Å². The molecule has 0 aromatic rings. The van der Waals surface area contributed by atoms with Gasteiger partial charge >= 0.3 is 0 Å². The number of carbonyl (C=O) groups is 1. The first-order chi connectivity index (χ1) is 7.99. The largest absolute Gasteiger partial charge is 0.375 e. The smallest absolute Gasteiger partial charge is 0.187 e. The average Bonchev–Trinajstić information content (AvgIpc) is 2.40. The third kappa shape index (κ3) is 4.54. The zero-order valence-corrected chi connectivity index (χ0v) is 12.5. The zero-order valence-electron chi connectivity index (χ0n) is 12.5. The summed E-state index contributed by atoms with van der Waals surface area (Å²) in [7, 11) is 0. The van der Waals surface area contributed by atoms with E-state index in [0.29, 0.717) is 18.6 Å². The van der Waals surface area contributed by atoms with Crippen LogP contribution in [-0.4, -0.2) is 29.7 Å². The molecule has 0 spiro atoms. The van der Waals surface area contributed by atoms with E-state index in [-0.39, 0.29) is 29.0 Å². The molecule has 2 atom stereocenters. The Kier molecular flexibility index (Phi) is 4.39. The van der Waals surface area contributed by atoms with Gasteiger partial charge in [0, 0.05) is 5.92 Å². The van der Waals surface area contributed by atoms with Gasteiger partial charge in [-0.2, -0.15) is 0 Å². The summed E-state index contributed by atoms with van der Waals surface area (Å²) in [6, 6.07) is 0. The molecular weight excluding hydrogens is 228 g/mol. The molecule has 1 aliphatic carbocycles. The van der Waals surface area contributed by atoms with Crippen LogP contribution in [0, 0.1) is 5.92 Å². The summed E-state index contributed by atoms with van der Waals surface area (Å²) in [4.78, 5) is 12.0. The molecule has 104 valence electrons. The number of hydrogen-bond donors (Lipinski definition) is 0. The fourth-order valence-corrected chi connectivity index (χ4v) is 1.96. The van der Waals surface area contributed by atoms with Crippen LogP contribution in [0.1, 0.15) is 48.0 Å². The van der Waals surface area contributed by atoms with Gasteiger partial charge in [-0.3, -0.25) is 4.79 Å². The predicted octanol–water partition coefficient (Wildman–Crippen LogP) is 3.13. The van der Waals surface area contributed by atoms with Crippen LogP contribution in [0.5, 0.6) is 0 Å². The number of Topliss-reactive ketones (excluding diaryl/α,β-unsaturated/α-hetero) is 1. The Bertz CT molecular complexity index is 331. The number of ketones is 1. The van der Waals surface area contributed by atoms with Gasteiger partial charge in [-0.05, 0) is 53.5 Å². The molecule has 1 aliphatic rings. The van der Waals surface area contributed by atoms with Crippen LogP contribution in [0.25, 0.3) is 0 Å². The third-order valence-corrected chi connectivity index (χ3v) is 2.81. The first kappa shape index (κ1) is 15.4. The van der Waals surface area contributed by atoms with Crippen LogP contribution < -0.4 is 0 Å². The highest BCUT2D eigenvalue weighted by Crippen LogP contribution is 2.32. The summed E-state index contributed by atoms with van der Waals surface area (Å²) in [6.45, 7) is 16.3. The van der Waals surface area contributed by atoms with Gasteiger partial charge in [0.25, 0.3) is 0 Å². The quantitative estimate of drug-likeness (QED) is 0.726. The van der Waals surface area contributed by atoms with Crippen molar-refractivity contribution >= 4 is 5.78 Å². The van der Waals surface area contributed by atoms with E-state index in [4.69, 9.17) is 9.47 Å². The summed E-state index contributed by atoms with van der Waals surface area (Å²) in [5, 5.41) is 0. The molecule has 1 fully saturated rings. The van der Waals surface area contributed by atoms with Crippen molar-refractivity contribution in [3.05, 3.63) is 12.2 Å². The number of rotatable bonds is 3. The van der Waals surface area contributed by atoms with Crippen LogP contribution in [0.4, 0.5) is 0 Å². The summed E-state index contributed by atoms with van der Waals surface area (Å²) in [6.07, 6.45) is 0.330. The molecule has 3 nitrogen and oxygen atoms in total. The molecular formula is C15H26O3. The fourth-order valence-electron chi connectivity index (χ4n) is 1.96. The van der Waals surface area contributed by atoms with Gasteiger partial charge in [0.15, 0.2) is 5.78 Å². The normalized spacial score (nSPS) is 25.9. The maximum absolute atomic E-state index is 12.0. The highest BCUT2D eigenvalue weighted by molar-refractivity contribution is 6.01. The lowest BCUT2D eigenvalue weighted by molar-refractivity contribution is -0.133. The molecule has 0 aliphatic heterocycles. The van der Waals surface area contributed by atoms with E-state index in [0.717, 1.165) is 0 Å². The van der Waals surface area contributed by atoms with Crippen LogP contribution in [-0.2, 0) is 14.3 Å². The third-order valence-electron chi connectivity index (χ3n) is 2.81. The zero-order chi connectivity index (χ0) is 14.1. The standard InChI is InChI=1S/C15H26O3/c1-10-11(9-17-14(2,3)4)8-12(13(10)16)18-15(5,6)7/h11-12H,1,8-9H2,2-7H3/t11-,12?/m0/s1. The molecule has 0 heterocycles. The molecule has 1 unspecified atom stereocenters. The highest BCUT2D eigenvalue weighted by atomic mass is 16.5. The minimum Gasteiger partial charge on any atom is -0.375 e. The second-order valence-electron chi connectivity index (χ2n) is 6.96. The van der Waals surface area contributed by atoms with Crippen molar-refractivity contribution in [2.24, 2.45) is 5.92 Å². The van der Waals surface area contributed by atoms with E-state index in [9.17, 15) is 4.79 Å². The molecule has 18 heavy (non-hydrogen) atoms. The first-order valence-electron chi connectivity index (χ1n) is 6.54. The lowest BCUT2D eigenvalue weighted by Crippen LogP contribution is -2.30. The first-order valence-corrected chi connectivity index (χ1v) is 6.54. The van der Waals surface area contributed by atoms with Crippen molar-refractivity contribution in [3.63, 3.8) is 0 Å². The van der Waals surface area contributed by atoms with Gasteiger partial charge in [0.1, 0.15) is 6.10 Å². The Hall–Kier alpha value is -0.670. The highest BCUT2D eigenvalue weighted by Gasteiger charge is 2.39. The molecule has 3 heteroatoms. The van der Waals surface area contributed by atoms with Crippen molar-refractivity contribution in [2.45, 2.75) is 65.3 Å². The molecule has 0 aromatic carbocycles. The van der Waals surface area contributed by atoms with Gasteiger partial charge in [-0.1, -0.05) is 6.58 Å². The summed E-state index contributed by atoms with van der Waals surface area (Å²) >= 11 is 0. The van der Waals surface area contributed by atoms with Crippen molar-refractivity contribution in [3.8, 4) is 0 Å². The van der Waals surface area contributed by atoms with Gasteiger partial charge in [-0.25, -0.2) is 0 Å². The van der Waals surface area contributed by atoms with Crippen molar-refractivity contribution in [2.75, 3.05) is 6.61 Å². The van der Waals surface area contributed by atoms with Gasteiger partial charge in [0.05, 0.1) is 17.8 Å². The maximum atomic E-state index is 12.0. The van der Waals surface area contributed by atoms with E-state index in [1.807, 2.05) is 41.5 Å². The van der Waals surface area contributed by atoms with Crippen molar-refractivity contribution in [1.82, 2.24) is 0 Å². The molecule has 0 bridgehead atoms. The van der Waals surface area contributed by atoms with E-state index < -0.39 is 0 Å². The summed E-state index contributed by atoms with van der Waals surface area (Å²) in [5.74, 6) is 0.122. The average molecular weight is 254 g/mol. The van der Waals surface area contributed by atoms with Gasteiger partial charge in [-0.15, -0.1) is 0 Å². The number of hydrogen-bond acceptors (Lipinski definition) is 3. The fraction of sp³-hybridized carbons (Fsp3) is 0.800. The lowest BCUT2D eigenvalue weighted by Gasteiger charge is -2.24. The Morgan fingerprint density at radius 1 is 1.17 bits per heavy atom.